The van der Waals surface area contributed by atoms with Gasteiger partial charge in [-0.1, -0.05) is 30.0 Å². The minimum absolute atomic E-state index is 0.0269. The molecule has 2 aromatic rings. The second-order valence-electron chi connectivity index (χ2n) is 4.34. The fraction of sp³-hybridized carbons (Fsp3) is 0.308. The first kappa shape index (κ1) is 13.6. The lowest BCUT2D eigenvalue weighted by Crippen LogP contribution is -1.98. The zero-order valence-electron chi connectivity index (χ0n) is 10.8. The molecule has 1 aromatic carbocycles. The largest absolute Gasteiger partial charge is 0.481 e. The molecule has 0 spiro atoms. The van der Waals surface area contributed by atoms with Gasteiger partial charge in [0.15, 0.2) is 0 Å². The number of thioether (sulfide) groups is 1. The highest BCUT2D eigenvalue weighted by molar-refractivity contribution is 7.99. The Morgan fingerprint density at radius 2 is 2.16 bits per heavy atom. The van der Waals surface area contributed by atoms with E-state index in [0.29, 0.717) is 11.6 Å². The van der Waals surface area contributed by atoms with Gasteiger partial charge in [0.05, 0.1) is 5.75 Å². The van der Waals surface area contributed by atoms with E-state index in [2.05, 4.69) is 47.2 Å². The number of carboxylic acid groups (broad SMARTS) is 1. The Kier molecular flexibility index (Phi) is 4.21. The number of benzene rings is 1. The zero-order valence-corrected chi connectivity index (χ0v) is 11.6. The summed E-state index contributed by atoms with van der Waals surface area (Å²) in [5.74, 6) is -0.150. The molecule has 0 amide bonds. The van der Waals surface area contributed by atoms with Crippen LogP contribution in [0.15, 0.2) is 23.4 Å². The van der Waals surface area contributed by atoms with Crippen molar-refractivity contribution in [3.05, 3.63) is 40.7 Å². The molecule has 2 rings (SSSR count). The first-order valence-electron chi connectivity index (χ1n) is 5.86. The fourth-order valence-electron chi connectivity index (χ4n) is 1.65. The number of hydrogen-bond acceptors (Lipinski definition) is 4. The van der Waals surface area contributed by atoms with E-state index in [0.717, 1.165) is 23.1 Å². The van der Waals surface area contributed by atoms with Crippen molar-refractivity contribution in [1.29, 1.82) is 0 Å². The fourth-order valence-corrected chi connectivity index (χ4v) is 2.19. The molecule has 0 aliphatic rings. The van der Waals surface area contributed by atoms with Crippen molar-refractivity contribution < 1.29 is 9.90 Å². The molecule has 0 fully saturated rings. The predicted molar refractivity (Wildman–Crippen MR) is 73.5 cm³/mol. The molecule has 0 aliphatic heterocycles. The number of carbonyl (C=O) groups is 1. The molecule has 0 radical (unpaired) electrons. The molecule has 1 aromatic heterocycles. The molecule has 0 aliphatic carbocycles. The van der Waals surface area contributed by atoms with Crippen LogP contribution in [0.1, 0.15) is 22.5 Å². The van der Waals surface area contributed by atoms with Gasteiger partial charge in [-0.05, 0) is 30.5 Å². The lowest BCUT2D eigenvalue weighted by molar-refractivity contribution is -0.133. The van der Waals surface area contributed by atoms with Gasteiger partial charge in [-0.15, -0.1) is 5.10 Å². The Labute approximate surface area is 115 Å². The van der Waals surface area contributed by atoms with E-state index in [1.807, 2.05) is 0 Å². The summed E-state index contributed by atoms with van der Waals surface area (Å²) in [6, 6.07) is 6.28. The number of H-pyrrole nitrogens is 1. The van der Waals surface area contributed by atoms with Crippen LogP contribution < -0.4 is 0 Å². The van der Waals surface area contributed by atoms with E-state index in [4.69, 9.17) is 5.11 Å². The van der Waals surface area contributed by atoms with Gasteiger partial charge >= 0.3 is 5.97 Å². The van der Waals surface area contributed by atoms with E-state index >= 15 is 0 Å². The summed E-state index contributed by atoms with van der Waals surface area (Å²) in [4.78, 5) is 14.7. The monoisotopic (exact) mass is 277 g/mol. The first-order chi connectivity index (χ1) is 9.04. The van der Waals surface area contributed by atoms with Crippen molar-refractivity contribution in [1.82, 2.24) is 15.2 Å². The predicted octanol–water partition coefficient (Wildman–Crippen LogP) is 2.19. The van der Waals surface area contributed by atoms with Crippen LogP contribution in [0.5, 0.6) is 0 Å². The van der Waals surface area contributed by atoms with Crippen LogP contribution in [-0.2, 0) is 11.2 Å². The Balaban J connectivity index is 2.02. The third-order valence-corrected chi connectivity index (χ3v) is 3.61. The summed E-state index contributed by atoms with van der Waals surface area (Å²) in [5, 5.41) is 15.9. The lowest BCUT2D eigenvalue weighted by Gasteiger charge is -2.03. The van der Waals surface area contributed by atoms with Crippen molar-refractivity contribution in [2.75, 3.05) is 5.75 Å². The van der Waals surface area contributed by atoms with Crippen molar-refractivity contribution in [2.45, 2.75) is 25.4 Å². The number of aliphatic carboxylic acids is 1. The molecule has 0 saturated heterocycles. The quantitative estimate of drug-likeness (QED) is 0.819. The van der Waals surface area contributed by atoms with E-state index in [9.17, 15) is 4.79 Å². The molecule has 0 bridgehead atoms. The third kappa shape index (κ3) is 3.82. The molecular formula is C13H15N3O2S. The molecule has 19 heavy (non-hydrogen) atoms. The smallest absolute Gasteiger partial charge is 0.313 e. The number of rotatable bonds is 5. The van der Waals surface area contributed by atoms with Gasteiger partial charge in [0.25, 0.3) is 0 Å². The van der Waals surface area contributed by atoms with Crippen LogP contribution >= 0.6 is 11.8 Å². The number of nitrogens with one attached hydrogen (secondary N) is 1. The maximum atomic E-state index is 10.5. The molecule has 0 unspecified atom stereocenters. The second-order valence-corrected chi connectivity index (χ2v) is 5.28. The zero-order chi connectivity index (χ0) is 13.8. The number of aryl methyl sites for hydroxylation is 2. The van der Waals surface area contributed by atoms with Crippen molar-refractivity contribution in [3.8, 4) is 0 Å². The number of nitrogens with zero attached hydrogens (tertiary/aromatic N) is 2. The summed E-state index contributed by atoms with van der Waals surface area (Å²) >= 11 is 1.11. The van der Waals surface area contributed by atoms with Crippen LogP contribution in [0.2, 0.25) is 0 Å². The Morgan fingerprint density at radius 1 is 1.37 bits per heavy atom. The third-order valence-electron chi connectivity index (χ3n) is 2.78. The topological polar surface area (TPSA) is 78.9 Å². The molecule has 0 atom stereocenters. The van der Waals surface area contributed by atoms with Crippen LogP contribution in [0.3, 0.4) is 0 Å². The second kappa shape index (κ2) is 5.88. The van der Waals surface area contributed by atoms with Gasteiger partial charge < -0.3 is 5.11 Å². The van der Waals surface area contributed by atoms with Crippen LogP contribution in [0.25, 0.3) is 0 Å². The average molecular weight is 277 g/mol. The van der Waals surface area contributed by atoms with Crippen LogP contribution in [-0.4, -0.2) is 32.0 Å². The summed E-state index contributed by atoms with van der Waals surface area (Å²) in [7, 11) is 0. The SMILES string of the molecule is Cc1ccc(Cc2nc(SCC(=O)O)n[nH]2)cc1C. The molecule has 1 heterocycles. The molecule has 100 valence electrons. The highest BCUT2D eigenvalue weighted by atomic mass is 32.2. The summed E-state index contributed by atoms with van der Waals surface area (Å²) in [6.07, 6.45) is 0.668. The number of aromatic nitrogens is 3. The van der Waals surface area contributed by atoms with Crippen LogP contribution in [0.4, 0.5) is 0 Å². The lowest BCUT2D eigenvalue weighted by atomic mass is 10.0. The van der Waals surface area contributed by atoms with E-state index in [1.54, 1.807) is 0 Å². The normalized spacial score (nSPS) is 10.6. The first-order valence-corrected chi connectivity index (χ1v) is 6.85. The van der Waals surface area contributed by atoms with Gasteiger partial charge in [-0.25, -0.2) is 4.98 Å². The maximum Gasteiger partial charge on any atom is 0.313 e. The summed E-state index contributed by atoms with van der Waals surface area (Å²) < 4.78 is 0. The van der Waals surface area contributed by atoms with Gasteiger partial charge in [0, 0.05) is 6.42 Å². The Bertz CT molecular complexity index is 595. The highest BCUT2D eigenvalue weighted by Crippen LogP contribution is 2.15. The van der Waals surface area contributed by atoms with Crippen molar-refractivity contribution >= 4 is 17.7 Å². The van der Waals surface area contributed by atoms with Gasteiger partial charge in [0.2, 0.25) is 5.16 Å². The average Bonchev–Trinajstić information content (AvgIpc) is 2.79. The summed E-state index contributed by atoms with van der Waals surface area (Å²) in [5.41, 5.74) is 3.67. The van der Waals surface area contributed by atoms with E-state index < -0.39 is 5.97 Å². The van der Waals surface area contributed by atoms with E-state index in [-0.39, 0.29) is 5.75 Å². The number of carboxylic acids is 1. The molecule has 5 nitrogen and oxygen atoms in total. The standard InChI is InChI=1S/C13H15N3O2S/c1-8-3-4-10(5-9(8)2)6-11-14-13(16-15-11)19-7-12(17)18/h3-5H,6-7H2,1-2H3,(H,17,18)(H,14,15,16). The molecule has 0 saturated carbocycles. The Morgan fingerprint density at radius 3 is 2.84 bits per heavy atom. The van der Waals surface area contributed by atoms with Crippen LogP contribution in [0, 0.1) is 13.8 Å². The van der Waals surface area contributed by atoms with Crippen molar-refractivity contribution in [2.24, 2.45) is 0 Å². The molecule has 6 heteroatoms. The van der Waals surface area contributed by atoms with Gasteiger partial charge in [0.1, 0.15) is 5.82 Å². The van der Waals surface area contributed by atoms with E-state index in [1.165, 1.54) is 11.1 Å². The minimum atomic E-state index is -0.870. The minimum Gasteiger partial charge on any atom is -0.481 e. The van der Waals surface area contributed by atoms with Crippen molar-refractivity contribution in [3.63, 3.8) is 0 Å². The number of hydrogen-bond donors (Lipinski definition) is 2. The van der Waals surface area contributed by atoms with Gasteiger partial charge in [-0.2, -0.15) is 0 Å². The highest BCUT2D eigenvalue weighted by Gasteiger charge is 2.07. The molecule has 2 N–H and O–H groups in total. The maximum absolute atomic E-state index is 10.5. The molecular weight excluding hydrogens is 262 g/mol. The summed E-state index contributed by atoms with van der Waals surface area (Å²) in [6.45, 7) is 4.15. The Hall–Kier alpha value is -1.82. The van der Waals surface area contributed by atoms with Gasteiger partial charge in [-0.3, -0.25) is 9.89 Å². The number of aromatic amines is 1.